The van der Waals surface area contributed by atoms with Gasteiger partial charge in [0.05, 0.1) is 11.4 Å². The Morgan fingerprint density at radius 1 is 0.576 bits per heavy atom. The van der Waals surface area contributed by atoms with Crippen LogP contribution in [0.4, 0.5) is 0 Å². The molecule has 0 radical (unpaired) electrons. The standard InChI is InChI=1S/C29H21N2OP/c1-33(32)27-18-9-8-15-22(27)23-16-10-17-24(28(23)33)26-19-25(20-11-4-2-5-12-20)30-29(31-26)21-13-6-3-7-14-21/h2-19H,1H3. The summed E-state index contributed by atoms with van der Waals surface area (Å²) in [5.41, 5.74) is 6.61. The van der Waals surface area contributed by atoms with Crippen LogP contribution in [0.15, 0.2) is 109 Å². The van der Waals surface area contributed by atoms with Gasteiger partial charge in [-0.15, -0.1) is 0 Å². The van der Waals surface area contributed by atoms with Crippen molar-refractivity contribution >= 4 is 17.8 Å². The summed E-state index contributed by atoms with van der Waals surface area (Å²) in [4.78, 5) is 9.86. The molecule has 0 aliphatic carbocycles. The van der Waals surface area contributed by atoms with E-state index in [4.69, 9.17) is 9.97 Å². The van der Waals surface area contributed by atoms with Crippen molar-refractivity contribution in [2.45, 2.75) is 0 Å². The molecule has 3 nitrogen and oxygen atoms in total. The van der Waals surface area contributed by atoms with Crippen LogP contribution in [0.2, 0.25) is 0 Å². The molecule has 158 valence electrons. The van der Waals surface area contributed by atoms with E-state index in [0.29, 0.717) is 5.82 Å². The third-order valence-electron chi connectivity index (χ3n) is 6.22. The first-order valence-electron chi connectivity index (χ1n) is 10.9. The Bertz CT molecular complexity index is 1490. The number of hydrogen-bond acceptors (Lipinski definition) is 3. The fraction of sp³-hybridized carbons (Fsp3) is 0.0345. The molecule has 1 aromatic heterocycles. The van der Waals surface area contributed by atoms with Gasteiger partial charge in [-0.05, 0) is 23.9 Å². The summed E-state index contributed by atoms with van der Waals surface area (Å²) < 4.78 is 14.1. The van der Waals surface area contributed by atoms with E-state index < -0.39 is 7.14 Å². The smallest absolute Gasteiger partial charge is 0.160 e. The van der Waals surface area contributed by atoms with Crippen molar-refractivity contribution in [3.8, 4) is 45.0 Å². The zero-order valence-electron chi connectivity index (χ0n) is 18.1. The number of aromatic nitrogens is 2. The van der Waals surface area contributed by atoms with Gasteiger partial charge >= 0.3 is 0 Å². The predicted octanol–water partition coefficient (Wildman–Crippen LogP) is 6.40. The Hall–Kier alpha value is -3.81. The molecule has 0 N–H and O–H groups in total. The van der Waals surface area contributed by atoms with E-state index in [9.17, 15) is 4.57 Å². The Morgan fingerprint density at radius 3 is 1.91 bits per heavy atom. The lowest BCUT2D eigenvalue weighted by atomic mass is 10.0. The van der Waals surface area contributed by atoms with Gasteiger partial charge in [-0.2, -0.15) is 0 Å². The molecule has 33 heavy (non-hydrogen) atoms. The number of rotatable bonds is 3. The van der Waals surface area contributed by atoms with Crippen LogP contribution in [-0.2, 0) is 4.57 Å². The zero-order valence-corrected chi connectivity index (χ0v) is 19.0. The maximum atomic E-state index is 14.1. The van der Waals surface area contributed by atoms with Crippen LogP contribution in [0.5, 0.6) is 0 Å². The van der Waals surface area contributed by atoms with E-state index >= 15 is 0 Å². The van der Waals surface area contributed by atoms with Gasteiger partial charge in [0.2, 0.25) is 0 Å². The highest BCUT2D eigenvalue weighted by Crippen LogP contribution is 2.52. The normalized spacial score (nSPS) is 16.3. The molecular weight excluding hydrogens is 423 g/mol. The Morgan fingerprint density at radius 2 is 1.15 bits per heavy atom. The third-order valence-corrected chi connectivity index (χ3v) is 8.86. The maximum Gasteiger partial charge on any atom is 0.160 e. The molecule has 1 unspecified atom stereocenters. The van der Waals surface area contributed by atoms with E-state index in [1.54, 1.807) is 0 Å². The van der Waals surface area contributed by atoms with Crippen LogP contribution >= 0.6 is 7.14 Å². The number of hydrogen-bond donors (Lipinski definition) is 0. The molecule has 2 heterocycles. The molecule has 0 spiro atoms. The summed E-state index contributed by atoms with van der Waals surface area (Å²) in [5, 5.41) is 1.82. The van der Waals surface area contributed by atoms with Crippen molar-refractivity contribution in [3.63, 3.8) is 0 Å². The zero-order chi connectivity index (χ0) is 22.4. The lowest BCUT2D eigenvalue weighted by Gasteiger charge is -2.15. The van der Waals surface area contributed by atoms with Crippen molar-refractivity contribution < 1.29 is 4.57 Å². The summed E-state index contributed by atoms with van der Waals surface area (Å²) in [6, 6.07) is 36.3. The molecule has 0 fully saturated rings. The van der Waals surface area contributed by atoms with Gasteiger partial charge in [0.25, 0.3) is 0 Å². The van der Waals surface area contributed by atoms with Crippen LogP contribution in [0.3, 0.4) is 0 Å². The topological polar surface area (TPSA) is 42.9 Å². The highest BCUT2D eigenvalue weighted by molar-refractivity contribution is 7.79. The van der Waals surface area contributed by atoms with E-state index in [1.165, 1.54) is 0 Å². The van der Waals surface area contributed by atoms with Crippen LogP contribution in [-0.4, -0.2) is 16.6 Å². The van der Waals surface area contributed by atoms with E-state index in [1.807, 2.05) is 91.6 Å². The molecule has 0 saturated heterocycles. The fourth-order valence-corrected chi connectivity index (χ4v) is 7.25. The van der Waals surface area contributed by atoms with Crippen LogP contribution in [0, 0.1) is 0 Å². The van der Waals surface area contributed by atoms with Gasteiger partial charge < -0.3 is 4.57 Å². The molecular formula is C29H21N2OP. The monoisotopic (exact) mass is 444 g/mol. The quantitative estimate of drug-likeness (QED) is 0.302. The second-order valence-electron chi connectivity index (χ2n) is 8.34. The van der Waals surface area contributed by atoms with Crippen LogP contribution < -0.4 is 10.6 Å². The molecule has 1 atom stereocenters. The molecule has 4 aromatic carbocycles. The molecule has 4 heteroatoms. The second kappa shape index (κ2) is 7.65. The molecule has 1 aliphatic rings. The molecule has 6 rings (SSSR count). The lowest BCUT2D eigenvalue weighted by molar-refractivity contribution is 0.591. The van der Waals surface area contributed by atoms with Crippen molar-refractivity contribution in [2.24, 2.45) is 0 Å². The minimum atomic E-state index is -2.76. The average molecular weight is 444 g/mol. The SMILES string of the molecule is CP1(=O)c2ccccc2-c2cccc(-c3cc(-c4ccccc4)nc(-c4ccccc4)n3)c21. The van der Waals surface area contributed by atoms with E-state index in [2.05, 4.69) is 24.3 Å². The minimum Gasteiger partial charge on any atom is -0.314 e. The molecule has 5 aromatic rings. The summed E-state index contributed by atoms with van der Waals surface area (Å²) in [7, 11) is -2.76. The van der Waals surface area contributed by atoms with Gasteiger partial charge in [-0.25, -0.2) is 9.97 Å². The van der Waals surface area contributed by atoms with E-state index in [0.717, 1.165) is 49.8 Å². The molecule has 0 amide bonds. The molecule has 0 bridgehead atoms. The highest BCUT2D eigenvalue weighted by atomic mass is 31.2. The Labute approximate surface area is 193 Å². The Kier molecular flexibility index (Phi) is 4.60. The fourth-order valence-electron chi connectivity index (χ4n) is 4.68. The van der Waals surface area contributed by atoms with E-state index in [-0.39, 0.29) is 0 Å². The van der Waals surface area contributed by atoms with Crippen molar-refractivity contribution in [1.82, 2.24) is 9.97 Å². The van der Waals surface area contributed by atoms with Crippen molar-refractivity contribution in [3.05, 3.63) is 109 Å². The van der Waals surface area contributed by atoms with Crippen molar-refractivity contribution in [2.75, 3.05) is 6.66 Å². The Balaban J connectivity index is 1.63. The summed E-state index contributed by atoms with van der Waals surface area (Å²) >= 11 is 0. The number of benzene rings is 4. The van der Waals surface area contributed by atoms with Gasteiger partial charge in [0.1, 0.15) is 7.14 Å². The van der Waals surface area contributed by atoms with Crippen LogP contribution in [0.1, 0.15) is 0 Å². The predicted molar refractivity (Wildman–Crippen MR) is 137 cm³/mol. The van der Waals surface area contributed by atoms with Gasteiger partial charge in [-0.1, -0.05) is 103 Å². The summed E-state index contributed by atoms with van der Waals surface area (Å²) in [6.45, 7) is 1.87. The second-order valence-corrected chi connectivity index (χ2v) is 11.1. The first-order chi connectivity index (χ1) is 16.1. The van der Waals surface area contributed by atoms with Gasteiger partial charge in [0, 0.05) is 27.3 Å². The largest absolute Gasteiger partial charge is 0.314 e. The minimum absolute atomic E-state index is 0.658. The van der Waals surface area contributed by atoms with Gasteiger partial charge in [-0.3, -0.25) is 0 Å². The lowest BCUT2D eigenvalue weighted by Crippen LogP contribution is -2.12. The van der Waals surface area contributed by atoms with Gasteiger partial charge in [0.15, 0.2) is 5.82 Å². The molecule has 1 aliphatic heterocycles. The van der Waals surface area contributed by atoms with Crippen molar-refractivity contribution in [1.29, 1.82) is 0 Å². The first-order valence-corrected chi connectivity index (χ1v) is 13.1. The van der Waals surface area contributed by atoms with Crippen LogP contribution in [0.25, 0.3) is 45.0 Å². The first kappa shape index (κ1) is 19.8. The molecule has 0 saturated carbocycles. The highest BCUT2D eigenvalue weighted by Gasteiger charge is 2.37. The summed E-state index contributed by atoms with van der Waals surface area (Å²) in [5.74, 6) is 0.658. The number of nitrogens with zero attached hydrogens (tertiary/aromatic N) is 2. The number of fused-ring (bicyclic) bond motifs is 3. The third kappa shape index (κ3) is 3.25. The average Bonchev–Trinajstić information content (AvgIpc) is 3.12. The maximum absolute atomic E-state index is 14.1. The summed E-state index contributed by atoms with van der Waals surface area (Å²) in [6.07, 6.45) is 0.